The number of nitrogens with two attached hydrogens (primary N) is 1. The molecule has 3 N–H and O–H groups in total. The SMILES string of the molecule is CC(C)CC(C)(CN)NC(=O)CCc1cccnc1. The van der Waals surface area contributed by atoms with Gasteiger partial charge in [0.15, 0.2) is 0 Å². The quantitative estimate of drug-likeness (QED) is 0.789. The number of hydrogen-bond acceptors (Lipinski definition) is 3. The lowest BCUT2D eigenvalue weighted by Crippen LogP contribution is -2.52. The van der Waals surface area contributed by atoms with Gasteiger partial charge in [0.2, 0.25) is 5.91 Å². The van der Waals surface area contributed by atoms with Gasteiger partial charge in [0.25, 0.3) is 0 Å². The summed E-state index contributed by atoms with van der Waals surface area (Å²) in [6.07, 6.45) is 5.60. The molecule has 1 heterocycles. The molecule has 1 aromatic rings. The van der Waals surface area contributed by atoms with Crippen LogP contribution in [-0.4, -0.2) is 23.0 Å². The summed E-state index contributed by atoms with van der Waals surface area (Å²) in [6.45, 7) is 6.74. The van der Waals surface area contributed by atoms with E-state index in [9.17, 15) is 4.79 Å². The second-order valence-corrected chi connectivity index (χ2v) is 5.77. The minimum atomic E-state index is -0.305. The molecule has 0 saturated carbocycles. The Balaban J connectivity index is 2.45. The molecule has 0 aromatic carbocycles. The molecule has 1 rings (SSSR count). The monoisotopic (exact) mass is 263 g/mol. The van der Waals surface area contributed by atoms with Crippen molar-refractivity contribution in [1.29, 1.82) is 0 Å². The van der Waals surface area contributed by atoms with E-state index in [1.165, 1.54) is 0 Å². The minimum Gasteiger partial charge on any atom is -0.350 e. The number of pyridine rings is 1. The summed E-state index contributed by atoms with van der Waals surface area (Å²) in [4.78, 5) is 16.0. The fourth-order valence-electron chi connectivity index (χ4n) is 2.29. The highest BCUT2D eigenvalue weighted by Gasteiger charge is 2.25. The number of aryl methyl sites for hydroxylation is 1. The van der Waals surface area contributed by atoms with Crippen molar-refractivity contribution in [1.82, 2.24) is 10.3 Å². The number of carbonyl (C=O) groups is 1. The van der Waals surface area contributed by atoms with Crippen molar-refractivity contribution in [3.8, 4) is 0 Å². The molecule has 0 radical (unpaired) electrons. The Morgan fingerprint density at radius 2 is 2.26 bits per heavy atom. The van der Waals surface area contributed by atoms with Crippen molar-refractivity contribution < 1.29 is 4.79 Å². The van der Waals surface area contributed by atoms with Gasteiger partial charge in [0.05, 0.1) is 0 Å². The third kappa shape index (κ3) is 5.83. The smallest absolute Gasteiger partial charge is 0.220 e. The van der Waals surface area contributed by atoms with Crippen LogP contribution in [0.15, 0.2) is 24.5 Å². The van der Waals surface area contributed by atoms with Crippen LogP contribution in [-0.2, 0) is 11.2 Å². The zero-order chi connectivity index (χ0) is 14.3. The number of nitrogens with zero attached hydrogens (tertiary/aromatic N) is 1. The fourth-order valence-corrected chi connectivity index (χ4v) is 2.29. The first kappa shape index (κ1) is 15.6. The summed E-state index contributed by atoms with van der Waals surface area (Å²) in [5.41, 5.74) is 6.56. The summed E-state index contributed by atoms with van der Waals surface area (Å²) < 4.78 is 0. The van der Waals surface area contributed by atoms with Crippen LogP contribution >= 0.6 is 0 Å². The predicted molar refractivity (Wildman–Crippen MR) is 77.6 cm³/mol. The molecule has 1 atom stereocenters. The summed E-state index contributed by atoms with van der Waals surface area (Å²) in [6, 6.07) is 3.87. The van der Waals surface area contributed by atoms with Crippen molar-refractivity contribution in [2.45, 2.75) is 45.6 Å². The molecule has 1 unspecified atom stereocenters. The molecule has 1 aromatic heterocycles. The van der Waals surface area contributed by atoms with E-state index in [2.05, 4.69) is 24.1 Å². The van der Waals surface area contributed by atoms with Crippen LogP contribution in [0.25, 0.3) is 0 Å². The molecule has 0 fully saturated rings. The zero-order valence-electron chi connectivity index (χ0n) is 12.1. The van der Waals surface area contributed by atoms with E-state index in [1.54, 1.807) is 12.4 Å². The van der Waals surface area contributed by atoms with Crippen LogP contribution in [0.4, 0.5) is 0 Å². The second-order valence-electron chi connectivity index (χ2n) is 5.77. The van der Waals surface area contributed by atoms with Crippen molar-refractivity contribution in [3.05, 3.63) is 30.1 Å². The lowest BCUT2D eigenvalue weighted by atomic mass is 9.90. The van der Waals surface area contributed by atoms with Gasteiger partial charge in [-0.25, -0.2) is 0 Å². The summed E-state index contributed by atoms with van der Waals surface area (Å²) >= 11 is 0. The van der Waals surface area contributed by atoms with Crippen molar-refractivity contribution >= 4 is 5.91 Å². The van der Waals surface area contributed by atoms with Crippen LogP contribution in [0, 0.1) is 5.92 Å². The number of amides is 1. The van der Waals surface area contributed by atoms with Crippen LogP contribution in [0.5, 0.6) is 0 Å². The maximum atomic E-state index is 12.0. The average Bonchev–Trinajstić information content (AvgIpc) is 2.36. The first-order valence-corrected chi connectivity index (χ1v) is 6.85. The van der Waals surface area contributed by atoms with E-state index in [0.717, 1.165) is 12.0 Å². The van der Waals surface area contributed by atoms with Crippen molar-refractivity contribution in [2.75, 3.05) is 6.54 Å². The number of hydrogen-bond donors (Lipinski definition) is 2. The molecular weight excluding hydrogens is 238 g/mol. The van der Waals surface area contributed by atoms with Gasteiger partial charge >= 0.3 is 0 Å². The Morgan fingerprint density at radius 3 is 2.79 bits per heavy atom. The van der Waals surface area contributed by atoms with E-state index >= 15 is 0 Å². The Morgan fingerprint density at radius 1 is 1.53 bits per heavy atom. The van der Waals surface area contributed by atoms with Gasteiger partial charge in [-0.15, -0.1) is 0 Å². The second kappa shape index (κ2) is 7.24. The van der Waals surface area contributed by atoms with Crippen LogP contribution in [0.1, 0.15) is 39.2 Å². The lowest BCUT2D eigenvalue weighted by Gasteiger charge is -2.31. The molecule has 0 aliphatic carbocycles. The summed E-state index contributed by atoms with van der Waals surface area (Å²) in [7, 11) is 0. The zero-order valence-corrected chi connectivity index (χ0v) is 12.1. The van der Waals surface area contributed by atoms with Gasteiger partial charge in [-0.05, 0) is 37.3 Å². The topological polar surface area (TPSA) is 68.0 Å². The molecule has 0 saturated heterocycles. The highest BCUT2D eigenvalue weighted by molar-refractivity contribution is 5.77. The van der Waals surface area contributed by atoms with Crippen molar-refractivity contribution in [2.24, 2.45) is 11.7 Å². The Labute approximate surface area is 115 Å². The van der Waals surface area contributed by atoms with E-state index in [1.807, 2.05) is 19.1 Å². The first-order chi connectivity index (χ1) is 8.95. The Kier molecular flexibility index (Phi) is 5.96. The number of carbonyl (C=O) groups excluding carboxylic acids is 1. The van der Waals surface area contributed by atoms with E-state index in [4.69, 9.17) is 5.73 Å². The normalized spacial score (nSPS) is 14.2. The molecule has 1 amide bonds. The van der Waals surface area contributed by atoms with Gasteiger partial charge in [-0.1, -0.05) is 19.9 Å². The minimum absolute atomic E-state index is 0.0532. The molecule has 0 bridgehead atoms. The number of aromatic nitrogens is 1. The molecule has 0 aliphatic rings. The third-order valence-corrected chi connectivity index (χ3v) is 3.11. The highest BCUT2D eigenvalue weighted by Crippen LogP contribution is 2.15. The molecule has 4 nitrogen and oxygen atoms in total. The maximum Gasteiger partial charge on any atom is 0.220 e. The highest BCUT2D eigenvalue weighted by atomic mass is 16.1. The van der Waals surface area contributed by atoms with Crippen LogP contribution < -0.4 is 11.1 Å². The van der Waals surface area contributed by atoms with E-state index in [0.29, 0.717) is 25.3 Å². The van der Waals surface area contributed by atoms with E-state index in [-0.39, 0.29) is 11.4 Å². The fraction of sp³-hybridized carbons (Fsp3) is 0.600. The molecule has 19 heavy (non-hydrogen) atoms. The largest absolute Gasteiger partial charge is 0.350 e. The Hall–Kier alpha value is -1.42. The lowest BCUT2D eigenvalue weighted by molar-refractivity contribution is -0.122. The number of nitrogens with one attached hydrogen (secondary N) is 1. The summed E-state index contributed by atoms with van der Waals surface area (Å²) in [5.74, 6) is 0.560. The average molecular weight is 263 g/mol. The maximum absolute atomic E-state index is 12.0. The molecule has 106 valence electrons. The predicted octanol–water partition coefficient (Wildman–Crippen LogP) is 1.89. The van der Waals surface area contributed by atoms with Gasteiger partial charge in [0.1, 0.15) is 0 Å². The van der Waals surface area contributed by atoms with E-state index < -0.39 is 0 Å². The number of rotatable bonds is 7. The Bertz CT molecular complexity index is 392. The first-order valence-electron chi connectivity index (χ1n) is 6.85. The molecular formula is C15H25N3O. The molecule has 4 heteroatoms. The molecule has 0 aliphatic heterocycles. The van der Waals surface area contributed by atoms with Gasteiger partial charge < -0.3 is 11.1 Å². The van der Waals surface area contributed by atoms with Crippen molar-refractivity contribution in [3.63, 3.8) is 0 Å². The van der Waals surface area contributed by atoms with Crippen LogP contribution in [0.2, 0.25) is 0 Å². The summed E-state index contributed by atoms with van der Waals surface area (Å²) in [5, 5.41) is 3.06. The van der Waals surface area contributed by atoms with Gasteiger partial charge in [-0.3, -0.25) is 9.78 Å². The molecule has 0 spiro atoms. The third-order valence-electron chi connectivity index (χ3n) is 3.11. The van der Waals surface area contributed by atoms with Crippen LogP contribution in [0.3, 0.4) is 0 Å². The van der Waals surface area contributed by atoms with Gasteiger partial charge in [-0.2, -0.15) is 0 Å². The standard InChI is InChI=1S/C15H25N3O/c1-12(2)9-15(3,11-16)18-14(19)7-6-13-5-4-8-17-10-13/h4-5,8,10,12H,6-7,9,11,16H2,1-3H3,(H,18,19). The van der Waals surface area contributed by atoms with Gasteiger partial charge in [0, 0.05) is 30.9 Å².